The number of fused-ring (bicyclic) bond motifs is 2. The van der Waals surface area contributed by atoms with E-state index in [4.69, 9.17) is 4.74 Å². The van der Waals surface area contributed by atoms with Gasteiger partial charge in [-0.15, -0.1) is 11.3 Å². The van der Waals surface area contributed by atoms with Gasteiger partial charge in [-0.3, -0.25) is 4.79 Å². The van der Waals surface area contributed by atoms with E-state index in [-0.39, 0.29) is 0 Å². The number of thiophene rings is 1. The van der Waals surface area contributed by atoms with Crippen LogP contribution in [0.2, 0.25) is 0 Å². The van der Waals surface area contributed by atoms with E-state index in [9.17, 15) is 10.1 Å². The highest BCUT2D eigenvalue weighted by Gasteiger charge is 2.18. The van der Waals surface area contributed by atoms with Crippen molar-refractivity contribution in [2.45, 2.75) is 6.92 Å². The molecular weight excluding hydrogens is 420 g/mol. The number of H-pyrrole nitrogens is 1. The van der Waals surface area contributed by atoms with Gasteiger partial charge in [0, 0.05) is 44.8 Å². The number of nitrogens with one attached hydrogen (secondary N) is 2. The number of carbonyl (C=O) groups excluding carboxylic acids is 1. The number of rotatable bonds is 5. The zero-order valence-electron chi connectivity index (χ0n) is 17.4. The molecule has 0 amide bonds. The quantitative estimate of drug-likeness (QED) is 0.319. The van der Waals surface area contributed by atoms with Crippen LogP contribution in [0.1, 0.15) is 21.5 Å². The Bertz CT molecular complexity index is 1540. The first kappa shape index (κ1) is 19.8. The van der Waals surface area contributed by atoms with Crippen molar-refractivity contribution in [2.75, 3.05) is 12.4 Å². The minimum Gasteiger partial charge on any atom is -0.495 e. The lowest BCUT2D eigenvalue weighted by molar-refractivity contribution is 0.112. The van der Waals surface area contributed by atoms with Gasteiger partial charge in [-0.2, -0.15) is 5.26 Å². The Morgan fingerprint density at radius 3 is 2.88 bits per heavy atom. The van der Waals surface area contributed by atoms with Crippen molar-refractivity contribution in [3.8, 4) is 22.3 Å². The second-order valence-electron chi connectivity index (χ2n) is 7.34. The van der Waals surface area contributed by atoms with E-state index in [0.717, 1.165) is 49.1 Å². The Morgan fingerprint density at radius 2 is 2.09 bits per heavy atom. The number of carbonyl (C=O) groups is 1. The van der Waals surface area contributed by atoms with Gasteiger partial charge in [0.25, 0.3) is 0 Å². The number of nitrogens with zero attached hydrogens (tertiary/aromatic N) is 2. The van der Waals surface area contributed by atoms with Gasteiger partial charge in [-0.05, 0) is 48.9 Å². The highest BCUT2D eigenvalue weighted by atomic mass is 32.1. The van der Waals surface area contributed by atoms with Crippen LogP contribution in [0, 0.1) is 18.3 Å². The van der Waals surface area contributed by atoms with Crippen LogP contribution in [0.5, 0.6) is 5.75 Å². The van der Waals surface area contributed by atoms with Crippen LogP contribution in [-0.2, 0) is 0 Å². The molecule has 32 heavy (non-hydrogen) atoms. The van der Waals surface area contributed by atoms with Crippen molar-refractivity contribution in [1.82, 2.24) is 9.97 Å². The number of aryl methyl sites for hydroxylation is 1. The smallest absolute Gasteiger partial charge is 0.153 e. The lowest BCUT2D eigenvalue weighted by atomic mass is 10.1. The van der Waals surface area contributed by atoms with Crippen LogP contribution in [0.4, 0.5) is 11.4 Å². The Kier molecular flexibility index (Phi) is 4.85. The number of anilines is 2. The number of pyridine rings is 1. The van der Waals surface area contributed by atoms with E-state index >= 15 is 0 Å². The molecule has 3 aromatic heterocycles. The molecule has 156 valence electrons. The molecule has 5 aromatic rings. The molecule has 0 saturated heterocycles. The maximum Gasteiger partial charge on any atom is 0.153 e. The topological polar surface area (TPSA) is 90.8 Å². The summed E-state index contributed by atoms with van der Waals surface area (Å²) in [6, 6.07) is 15.8. The molecular formula is C25H18N4O2S. The standard InChI is InChI=1S/C25H18N4O2S/c1-14-17-8-9-27-21(17)7-6-20(14)29-23-16(11-26)12-28-25-19(23)10-22(32-25)18-5-3-4-15(13-30)24(18)31-2/h3-10,12-13,27H,1-2H3,(H,28,29). The Morgan fingerprint density at radius 1 is 1.22 bits per heavy atom. The molecule has 0 bridgehead atoms. The molecule has 0 spiro atoms. The van der Waals surface area contributed by atoms with Gasteiger partial charge in [-0.25, -0.2) is 4.98 Å². The summed E-state index contributed by atoms with van der Waals surface area (Å²) in [5.74, 6) is 0.526. The van der Waals surface area contributed by atoms with Gasteiger partial charge in [0.2, 0.25) is 0 Å². The molecule has 0 aliphatic rings. The van der Waals surface area contributed by atoms with Crippen molar-refractivity contribution in [3.63, 3.8) is 0 Å². The van der Waals surface area contributed by atoms with Crippen LogP contribution in [0.15, 0.2) is 54.9 Å². The molecule has 2 N–H and O–H groups in total. The lowest BCUT2D eigenvalue weighted by Crippen LogP contribution is -1.97. The minimum absolute atomic E-state index is 0.462. The number of aromatic amines is 1. The molecule has 0 saturated carbocycles. The summed E-state index contributed by atoms with van der Waals surface area (Å²) in [4.78, 5) is 20.9. The predicted octanol–water partition coefficient (Wildman–Crippen LogP) is 6.19. The second-order valence-corrected chi connectivity index (χ2v) is 8.37. The summed E-state index contributed by atoms with van der Waals surface area (Å²) in [5, 5.41) is 15.2. The van der Waals surface area contributed by atoms with Gasteiger partial charge in [0.15, 0.2) is 6.29 Å². The Labute approximate surface area is 188 Å². The molecule has 0 unspecified atom stereocenters. The lowest BCUT2D eigenvalue weighted by Gasteiger charge is -2.13. The fourth-order valence-corrected chi connectivity index (χ4v) is 5.00. The normalized spacial score (nSPS) is 10.9. The molecule has 0 atom stereocenters. The first-order valence-electron chi connectivity index (χ1n) is 9.93. The first-order valence-corrected chi connectivity index (χ1v) is 10.7. The molecule has 0 fully saturated rings. The van der Waals surface area contributed by atoms with Crippen LogP contribution < -0.4 is 10.1 Å². The number of aromatic nitrogens is 2. The number of methoxy groups -OCH3 is 1. The number of hydrogen-bond donors (Lipinski definition) is 2. The van der Waals surface area contributed by atoms with Crippen molar-refractivity contribution in [1.29, 1.82) is 5.26 Å². The Balaban J connectivity index is 1.68. The van der Waals surface area contributed by atoms with Crippen LogP contribution in [0.25, 0.3) is 31.6 Å². The second kappa shape index (κ2) is 7.84. The van der Waals surface area contributed by atoms with Gasteiger partial charge in [0.05, 0.1) is 23.9 Å². The molecule has 2 aromatic carbocycles. The van der Waals surface area contributed by atoms with Crippen molar-refractivity contribution < 1.29 is 9.53 Å². The van der Waals surface area contributed by atoms with Crippen molar-refractivity contribution in [3.05, 3.63) is 71.5 Å². The largest absolute Gasteiger partial charge is 0.495 e. The summed E-state index contributed by atoms with van der Waals surface area (Å²) in [7, 11) is 1.55. The SMILES string of the molecule is COc1c(C=O)cccc1-c1cc2c(Nc3ccc4[nH]ccc4c3C)c(C#N)cnc2s1. The van der Waals surface area contributed by atoms with Gasteiger partial charge in [0.1, 0.15) is 16.6 Å². The molecule has 0 aliphatic heterocycles. The van der Waals surface area contributed by atoms with E-state index in [1.54, 1.807) is 19.4 Å². The number of para-hydroxylation sites is 1. The summed E-state index contributed by atoms with van der Waals surface area (Å²) in [6.45, 7) is 2.05. The number of benzene rings is 2. The number of ether oxygens (including phenoxy) is 1. The third-order valence-electron chi connectivity index (χ3n) is 5.59. The predicted molar refractivity (Wildman–Crippen MR) is 128 cm³/mol. The summed E-state index contributed by atoms with van der Waals surface area (Å²) in [5.41, 5.74) is 5.56. The van der Waals surface area contributed by atoms with E-state index in [1.165, 1.54) is 11.3 Å². The maximum atomic E-state index is 11.5. The van der Waals surface area contributed by atoms with Crippen LogP contribution in [-0.4, -0.2) is 23.4 Å². The zero-order valence-corrected chi connectivity index (χ0v) is 18.2. The van der Waals surface area contributed by atoms with Gasteiger partial charge >= 0.3 is 0 Å². The third-order valence-corrected chi connectivity index (χ3v) is 6.66. The maximum absolute atomic E-state index is 11.5. The average Bonchev–Trinajstić information content (AvgIpc) is 3.48. The highest BCUT2D eigenvalue weighted by molar-refractivity contribution is 7.22. The number of hydrogen-bond acceptors (Lipinski definition) is 6. The molecule has 6 nitrogen and oxygen atoms in total. The summed E-state index contributed by atoms with van der Waals surface area (Å²) in [6.07, 6.45) is 4.29. The average molecular weight is 439 g/mol. The van der Waals surface area contributed by atoms with E-state index in [1.807, 2.05) is 42.6 Å². The van der Waals surface area contributed by atoms with Crippen LogP contribution in [0.3, 0.4) is 0 Å². The monoisotopic (exact) mass is 438 g/mol. The molecule has 0 aliphatic carbocycles. The molecule has 3 heterocycles. The number of nitriles is 1. The van der Waals surface area contributed by atoms with E-state index in [2.05, 4.69) is 28.3 Å². The molecule has 0 radical (unpaired) electrons. The van der Waals surface area contributed by atoms with Crippen molar-refractivity contribution in [2.24, 2.45) is 0 Å². The fourth-order valence-electron chi connectivity index (χ4n) is 3.96. The minimum atomic E-state index is 0.462. The van der Waals surface area contributed by atoms with E-state index in [0.29, 0.717) is 22.6 Å². The molecule has 5 rings (SSSR count). The Hall–Kier alpha value is -4.15. The van der Waals surface area contributed by atoms with E-state index < -0.39 is 0 Å². The highest BCUT2D eigenvalue weighted by Crippen LogP contribution is 2.42. The van der Waals surface area contributed by atoms with Crippen molar-refractivity contribution >= 4 is 50.1 Å². The summed E-state index contributed by atoms with van der Waals surface area (Å²) >= 11 is 1.49. The first-order chi connectivity index (χ1) is 15.6. The van der Waals surface area contributed by atoms with Gasteiger partial charge < -0.3 is 15.0 Å². The third kappa shape index (κ3) is 3.09. The molecule has 7 heteroatoms. The number of aldehydes is 1. The van der Waals surface area contributed by atoms with Gasteiger partial charge in [-0.1, -0.05) is 6.07 Å². The van der Waals surface area contributed by atoms with Crippen LogP contribution >= 0.6 is 11.3 Å². The zero-order chi connectivity index (χ0) is 22.2. The fraction of sp³-hybridized carbons (Fsp3) is 0.0800. The summed E-state index contributed by atoms with van der Waals surface area (Å²) < 4.78 is 5.52.